The summed E-state index contributed by atoms with van der Waals surface area (Å²) in [5.74, 6) is 0.805. The van der Waals surface area contributed by atoms with Crippen LogP contribution in [-0.2, 0) is 0 Å². The van der Waals surface area contributed by atoms with Crippen LogP contribution in [0, 0.1) is 17.2 Å². The molecule has 1 heterocycles. The molecule has 17 heavy (non-hydrogen) atoms. The Kier molecular flexibility index (Phi) is 3.53. The van der Waals surface area contributed by atoms with Crippen LogP contribution in [0.25, 0.3) is 0 Å². The molecule has 3 heteroatoms. The number of nitrogens with zero attached hydrogens (tertiary/aromatic N) is 2. The highest BCUT2D eigenvalue weighted by atomic mass is 15.1. The smallest absolute Gasteiger partial charge is 0.0992 e. The summed E-state index contributed by atoms with van der Waals surface area (Å²) in [4.78, 5) is 2.35. The maximum absolute atomic E-state index is 8.82. The molecule has 1 atom stereocenters. The van der Waals surface area contributed by atoms with E-state index in [1.54, 1.807) is 6.07 Å². The van der Waals surface area contributed by atoms with Gasteiger partial charge in [-0.1, -0.05) is 6.92 Å². The molecular formula is C14H19N3. The summed E-state index contributed by atoms with van der Waals surface area (Å²) < 4.78 is 0. The predicted octanol–water partition coefficient (Wildman–Crippen LogP) is 2.77. The Morgan fingerprint density at radius 2 is 2.18 bits per heavy atom. The van der Waals surface area contributed by atoms with E-state index >= 15 is 0 Å². The van der Waals surface area contributed by atoms with Crippen molar-refractivity contribution < 1.29 is 0 Å². The largest absolute Gasteiger partial charge is 0.397 e. The van der Waals surface area contributed by atoms with Crippen molar-refractivity contribution in [1.82, 2.24) is 0 Å². The van der Waals surface area contributed by atoms with E-state index in [1.165, 1.54) is 19.3 Å². The highest BCUT2D eigenvalue weighted by molar-refractivity contribution is 5.69. The van der Waals surface area contributed by atoms with Crippen molar-refractivity contribution in [3.63, 3.8) is 0 Å². The molecule has 0 aliphatic carbocycles. The second-order valence-electron chi connectivity index (χ2n) is 4.91. The molecule has 0 spiro atoms. The van der Waals surface area contributed by atoms with Gasteiger partial charge in [0.15, 0.2) is 0 Å². The number of nitrogens with two attached hydrogens (primary N) is 1. The van der Waals surface area contributed by atoms with Gasteiger partial charge in [-0.15, -0.1) is 0 Å². The van der Waals surface area contributed by atoms with E-state index in [1.807, 2.05) is 12.1 Å². The summed E-state index contributed by atoms with van der Waals surface area (Å²) in [5.41, 5.74) is 8.46. The van der Waals surface area contributed by atoms with Crippen LogP contribution in [0.3, 0.4) is 0 Å². The van der Waals surface area contributed by atoms with E-state index in [2.05, 4.69) is 17.9 Å². The number of nitrogen functional groups attached to an aromatic ring is 1. The first-order chi connectivity index (χ1) is 8.20. The van der Waals surface area contributed by atoms with Crippen LogP contribution >= 0.6 is 0 Å². The van der Waals surface area contributed by atoms with Gasteiger partial charge in [0.25, 0.3) is 0 Å². The molecule has 0 bridgehead atoms. The van der Waals surface area contributed by atoms with E-state index in [9.17, 15) is 0 Å². The molecule has 0 aromatic heterocycles. The van der Waals surface area contributed by atoms with Gasteiger partial charge in [0.2, 0.25) is 0 Å². The summed E-state index contributed by atoms with van der Waals surface area (Å²) >= 11 is 0. The lowest BCUT2D eigenvalue weighted by molar-refractivity contribution is 0.521. The molecular weight excluding hydrogens is 210 g/mol. The van der Waals surface area contributed by atoms with Crippen molar-refractivity contribution in [3.8, 4) is 6.07 Å². The standard InChI is InChI=1S/C14H19N3/c1-11-3-2-7-17(8-6-11)14-5-4-12(10-15)9-13(14)16/h4-5,9,11H,2-3,6-8,16H2,1H3. The average molecular weight is 229 g/mol. The van der Waals surface area contributed by atoms with Crippen LogP contribution in [0.15, 0.2) is 18.2 Å². The van der Waals surface area contributed by atoms with E-state index in [4.69, 9.17) is 11.0 Å². The minimum Gasteiger partial charge on any atom is -0.397 e. The normalized spacial score (nSPS) is 20.7. The number of anilines is 2. The summed E-state index contributed by atoms with van der Waals surface area (Å²) in [6.45, 7) is 4.45. The van der Waals surface area contributed by atoms with Crippen molar-refractivity contribution in [1.29, 1.82) is 5.26 Å². The summed E-state index contributed by atoms with van der Waals surface area (Å²) in [6.07, 6.45) is 3.74. The highest BCUT2D eigenvalue weighted by Gasteiger charge is 2.15. The third-order valence-corrected chi connectivity index (χ3v) is 3.51. The topological polar surface area (TPSA) is 53.0 Å². The number of nitriles is 1. The molecule has 2 N–H and O–H groups in total. The molecule has 1 unspecified atom stereocenters. The van der Waals surface area contributed by atoms with Gasteiger partial charge in [-0.05, 0) is 43.4 Å². The van der Waals surface area contributed by atoms with Crippen molar-refractivity contribution in [2.75, 3.05) is 23.7 Å². The fourth-order valence-corrected chi connectivity index (χ4v) is 2.42. The van der Waals surface area contributed by atoms with Crippen LogP contribution in [0.2, 0.25) is 0 Å². The Hall–Kier alpha value is -1.69. The zero-order valence-electron chi connectivity index (χ0n) is 10.3. The number of rotatable bonds is 1. The third-order valence-electron chi connectivity index (χ3n) is 3.51. The van der Waals surface area contributed by atoms with Crippen molar-refractivity contribution in [2.24, 2.45) is 5.92 Å². The fourth-order valence-electron chi connectivity index (χ4n) is 2.42. The van der Waals surface area contributed by atoms with E-state index < -0.39 is 0 Å². The molecule has 1 aromatic rings. The molecule has 0 amide bonds. The lowest BCUT2D eigenvalue weighted by Gasteiger charge is -2.24. The molecule has 0 radical (unpaired) electrons. The first kappa shape index (κ1) is 11.8. The Labute approximate surface area is 103 Å². The lowest BCUT2D eigenvalue weighted by Crippen LogP contribution is -2.25. The second-order valence-corrected chi connectivity index (χ2v) is 4.91. The number of benzene rings is 1. The van der Waals surface area contributed by atoms with Gasteiger partial charge >= 0.3 is 0 Å². The number of hydrogen-bond acceptors (Lipinski definition) is 3. The minimum atomic E-state index is 0.634. The van der Waals surface area contributed by atoms with Gasteiger partial charge in [-0.2, -0.15) is 5.26 Å². The van der Waals surface area contributed by atoms with E-state index in [0.29, 0.717) is 5.56 Å². The average Bonchev–Trinajstić information content (AvgIpc) is 2.54. The molecule has 3 nitrogen and oxygen atoms in total. The van der Waals surface area contributed by atoms with Crippen LogP contribution in [0.5, 0.6) is 0 Å². The van der Waals surface area contributed by atoms with Crippen molar-refractivity contribution in [3.05, 3.63) is 23.8 Å². The predicted molar refractivity (Wildman–Crippen MR) is 70.8 cm³/mol. The SMILES string of the molecule is CC1CCCN(c2ccc(C#N)cc2N)CC1. The van der Waals surface area contributed by atoms with Gasteiger partial charge in [-0.3, -0.25) is 0 Å². The quantitative estimate of drug-likeness (QED) is 0.753. The molecule has 1 aliphatic rings. The zero-order valence-corrected chi connectivity index (χ0v) is 10.3. The van der Waals surface area contributed by atoms with Crippen LogP contribution < -0.4 is 10.6 Å². The highest BCUT2D eigenvalue weighted by Crippen LogP contribution is 2.27. The first-order valence-electron chi connectivity index (χ1n) is 6.25. The van der Waals surface area contributed by atoms with Gasteiger partial charge in [-0.25, -0.2) is 0 Å². The van der Waals surface area contributed by atoms with Crippen molar-refractivity contribution >= 4 is 11.4 Å². The molecule has 0 saturated carbocycles. The van der Waals surface area contributed by atoms with Gasteiger partial charge in [0.1, 0.15) is 0 Å². The van der Waals surface area contributed by atoms with Gasteiger partial charge in [0.05, 0.1) is 23.0 Å². The van der Waals surface area contributed by atoms with Crippen LogP contribution in [0.4, 0.5) is 11.4 Å². The Morgan fingerprint density at radius 3 is 2.88 bits per heavy atom. The minimum absolute atomic E-state index is 0.634. The van der Waals surface area contributed by atoms with Crippen molar-refractivity contribution in [2.45, 2.75) is 26.2 Å². The maximum Gasteiger partial charge on any atom is 0.0992 e. The second kappa shape index (κ2) is 5.09. The lowest BCUT2D eigenvalue weighted by atomic mass is 10.0. The molecule has 1 saturated heterocycles. The van der Waals surface area contributed by atoms with Crippen LogP contribution in [-0.4, -0.2) is 13.1 Å². The monoisotopic (exact) mass is 229 g/mol. The molecule has 1 aromatic carbocycles. The van der Waals surface area contributed by atoms with E-state index in [-0.39, 0.29) is 0 Å². The summed E-state index contributed by atoms with van der Waals surface area (Å²) in [5, 5.41) is 8.82. The Morgan fingerprint density at radius 1 is 1.35 bits per heavy atom. The van der Waals surface area contributed by atoms with Gasteiger partial charge < -0.3 is 10.6 Å². The molecule has 1 aliphatic heterocycles. The zero-order chi connectivity index (χ0) is 12.3. The summed E-state index contributed by atoms with van der Waals surface area (Å²) in [7, 11) is 0. The molecule has 90 valence electrons. The molecule has 2 rings (SSSR count). The van der Waals surface area contributed by atoms with E-state index in [0.717, 1.165) is 30.4 Å². The Balaban J connectivity index is 2.19. The Bertz CT molecular complexity index is 434. The maximum atomic E-state index is 8.82. The van der Waals surface area contributed by atoms with Crippen LogP contribution in [0.1, 0.15) is 31.7 Å². The molecule has 1 fully saturated rings. The number of hydrogen-bond donors (Lipinski definition) is 1. The van der Waals surface area contributed by atoms with Gasteiger partial charge in [0, 0.05) is 13.1 Å². The third kappa shape index (κ3) is 2.71. The summed E-state index contributed by atoms with van der Waals surface area (Å²) in [6, 6.07) is 7.71. The first-order valence-corrected chi connectivity index (χ1v) is 6.25. The fraction of sp³-hybridized carbons (Fsp3) is 0.500.